The molecule has 0 atom stereocenters. The summed E-state index contributed by atoms with van der Waals surface area (Å²) < 4.78 is 7.55. The Hall–Kier alpha value is -4.26. The molecule has 30 heavy (non-hydrogen) atoms. The van der Waals surface area contributed by atoms with Crippen LogP contribution in [0.25, 0.3) is 16.9 Å². The van der Waals surface area contributed by atoms with E-state index in [4.69, 9.17) is 4.74 Å². The van der Waals surface area contributed by atoms with Gasteiger partial charge in [-0.15, -0.1) is 0 Å². The zero-order valence-electron chi connectivity index (χ0n) is 16.0. The van der Waals surface area contributed by atoms with Gasteiger partial charge in [-0.05, 0) is 42.0 Å². The predicted octanol–water partition coefficient (Wildman–Crippen LogP) is 4.53. The molecular formula is C23H18N6O. The maximum absolute atomic E-state index is 5.85. The van der Waals surface area contributed by atoms with Crippen LogP contribution in [-0.4, -0.2) is 24.7 Å². The van der Waals surface area contributed by atoms with Gasteiger partial charge in [0.05, 0.1) is 11.6 Å². The van der Waals surface area contributed by atoms with Crippen LogP contribution in [0.4, 0.5) is 11.5 Å². The first kappa shape index (κ1) is 17.8. The second-order valence-electron chi connectivity index (χ2n) is 6.63. The van der Waals surface area contributed by atoms with E-state index in [9.17, 15) is 0 Å². The summed E-state index contributed by atoms with van der Waals surface area (Å²) in [5.74, 6) is 2.23. The fourth-order valence-electron chi connectivity index (χ4n) is 3.15. The lowest BCUT2D eigenvalue weighted by Gasteiger charge is -2.10. The molecule has 146 valence electrons. The van der Waals surface area contributed by atoms with E-state index >= 15 is 0 Å². The fraction of sp³-hybridized carbons (Fsp3) is 0.0435. The SMILES string of the molecule is c1ccc(OCc2cccc(Nc3ncnc4c3cnn4-c3ccccn3)c2)cc1. The van der Waals surface area contributed by atoms with E-state index in [0.717, 1.165) is 22.4 Å². The highest BCUT2D eigenvalue weighted by Crippen LogP contribution is 2.24. The zero-order valence-corrected chi connectivity index (χ0v) is 16.0. The Bertz CT molecular complexity index is 1270. The summed E-state index contributed by atoms with van der Waals surface area (Å²) in [7, 11) is 0. The van der Waals surface area contributed by atoms with Gasteiger partial charge in [-0.25, -0.2) is 15.0 Å². The van der Waals surface area contributed by atoms with Crippen molar-refractivity contribution in [3.8, 4) is 11.6 Å². The van der Waals surface area contributed by atoms with Crippen molar-refractivity contribution in [2.45, 2.75) is 6.61 Å². The van der Waals surface area contributed by atoms with E-state index in [0.29, 0.717) is 23.9 Å². The molecule has 0 bridgehead atoms. The van der Waals surface area contributed by atoms with E-state index in [1.165, 1.54) is 6.33 Å². The smallest absolute Gasteiger partial charge is 0.170 e. The molecule has 0 aliphatic carbocycles. The van der Waals surface area contributed by atoms with Gasteiger partial charge in [-0.3, -0.25) is 0 Å². The molecule has 0 unspecified atom stereocenters. The van der Waals surface area contributed by atoms with Crippen molar-refractivity contribution in [2.75, 3.05) is 5.32 Å². The van der Waals surface area contributed by atoms with Gasteiger partial charge < -0.3 is 10.1 Å². The topological polar surface area (TPSA) is 77.8 Å². The van der Waals surface area contributed by atoms with Crippen LogP contribution < -0.4 is 10.1 Å². The molecule has 0 aliphatic heterocycles. The highest BCUT2D eigenvalue weighted by molar-refractivity contribution is 5.88. The second kappa shape index (κ2) is 8.00. The van der Waals surface area contributed by atoms with Crippen LogP contribution in [0, 0.1) is 0 Å². The zero-order chi connectivity index (χ0) is 20.2. The molecule has 7 heteroatoms. The second-order valence-corrected chi connectivity index (χ2v) is 6.63. The van der Waals surface area contributed by atoms with Gasteiger partial charge >= 0.3 is 0 Å². The largest absolute Gasteiger partial charge is 0.489 e. The number of benzene rings is 2. The van der Waals surface area contributed by atoms with Gasteiger partial charge in [0.1, 0.15) is 24.5 Å². The van der Waals surface area contributed by atoms with Crippen molar-refractivity contribution in [3.05, 3.63) is 97.1 Å². The molecule has 0 spiro atoms. The van der Waals surface area contributed by atoms with Gasteiger partial charge in [-0.2, -0.15) is 9.78 Å². The third kappa shape index (κ3) is 3.68. The number of hydrogen-bond acceptors (Lipinski definition) is 6. The molecule has 0 saturated carbocycles. The average molecular weight is 394 g/mol. The number of fused-ring (bicyclic) bond motifs is 1. The summed E-state index contributed by atoms with van der Waals surface area (Å²) in [6.07, 6.45) is 5.00. The Labute approximate surface area is 173 Å². The Morgan fingerprint density at radius 2 is 1.77 bits per heavy atom. The number of rotatable bonds is 6. The van der Waals surface area contributed by atoms with Gasteiger partial charge in [0, 0.05) is 11.9 Å². The number of para-hydroxylation sites is 1. The van der Waals surface area contributed by atoms with E-state index in [2.05, 4.69) is 25.4 Å². The van der Waals surface area contributed by atoms with E-state index in [1.807, 2.05) is 72.8 Å². The maximum atomic E-state index is 5.85. The number of nitrogens with zero attached hydrogens (tertiary/aromatic N) is 5. The molecule has 1 N–H and O–H groups in total. The number of ether oxygens (including phenoxy) is 1. The number of aromatic nitrogens is 5. The molecule has 3 aromatic heterocycles. The molecule has 0 fully saturated rings. The Kier molecular flexibility index (Phi) is 4.75. The monoisotopic (exact) mass is 394 g/mol. The Morgan fingerprint density at radius 3 is 2.63 bits per heavy atom. The highest BCUT2D eigenvalue weighted by Gasteiger charge is 2.12. The quantitative estimate of drug-likeness (QED) is 0.456. The lowest BCUT2D eigenvalue weighted by atomic mass is 10.2. The fourth-order valence-corrected chi connectivity index (χ4v) is 3.15. The minimum absolute atomic E-state index is 0.482. The lowest BCUT2D eigenvalue weighted by Crippen LogP contribution is -2.01. The minimum Gasteiger partial charge on any atom is -0.489 e. The number of anilines is 2. The Balaban J connectivity index is 1.39. The molecule has 0 amide bonds. The summed E-state index contributed by atoms with van der Waals surface area (Å²) >= 11 is 0. The molecule has 3 heterocycles. The first-order valence-electron chi connectivity index (χ1n) is 9.51. The van der Waals surface area contributed by atoms with Gasteiger partial charge in [-0.1, -0.05) is 36.4 Å². The van der Waals surface area contributed by atoms with Crippen LogP contribution in [0.2, 0.25) is 0 Å². The van der Waals surface area contributed by atoms with E-state index in [-0.39, 0.29) is 0 Å². The van der Waals surface area contributed by atoms with Crippen LogP contribution >= 0.6 is 0 Å². The predicted molar refractivity (Wildman–Crippen MR) is 115 cm³/mol. The molecule has 2 aromatic carbocycles. The summed E-state index contributed by atoms with van der Waals surface area (Å²) in [5, 5.41) is 8.62. The summed E-state index contributed by atoms with van der Waals surface area (Å²) in [4.78, 5) is 13.1. The third-order valence-corrected chi connectivity index (χ3v) is 4.57. The summed E-state index contributed by atoms with van der Waals surface area (Å²) in [5.41, 5.74) is 2.66. The molecule has 0 radical (unpaired) electrons. The average Bonchev–Trinajstić information content (AvgIpc) is 3.25. The van der Waals surface area contributed by atoms with Crippen LogP contribution in [0.1, 0.15) is 5.56 Å². The van der Waals surface area contributed by atoms with E-state index in [1.54, 1.807) is 17.1 Å². The van der Waals surface area contributed by atoms with Crippen molar-refractivity contribution in [1.29, 1.82) is 0 Å². The summed E-state index contributed by atoms with van der Waals surface area (Å²) in [6.45, 7) is 0.482. The van der Waals surface area contributed by atoms with Crippen LogP contribution in [0.3, 0.4) is 0 Å². The van der Waals surface area contributed by atoms with Crippen molar-refractivity contribution in [1.82, 2.24) is 24.7 Å². The van der Waals surface area contributed by atoms with Gasteiger partial charge in [0.15, 0.2) is 11.5 Å². The van der Waals surface area contributed by atoms with Gasteiger partial charge in [0.25, 0.3) is 0 Å². The van der Waals surface area contributed by atoms with Crippen molar-refractivity contribution in [3.63, 3.8) is 0 Å². The number of pyridine rings is 1. The molecule has 0 saturated heterocycles. The van der Waals surface area contributed by atoms with Crippen LogP contribution in [-0.2, 0) is 6.61 Å². The number of nitrogens with one attached hydrogen (secondary N) is 1. The first-order valence-corrected chi connectivity index (χ1v) is 9.51. The highest BCUT2D eigenvalue weighted by atomic mass is 16.5. The van der Waals surface area contributed by atoms with Crippen LogP contribution in [0.15, 0.2) is 91.5 Å². The Morgan fingerprint density at radius 1 is 0.867 bits per heavy atom. The molecule has 5 rings (SSSR count). The van der Waals surface area contributed by atoms with E-state index < -0.39 is 0 Å². The summed E-state index contributed by atoms with van der Waals surface area (Å²) in [6, 6.07) is 23.5. The number of hydrogen-bond donors (Lipinski definition) is 1. The third-order valence-electron chi connectivity index (χ3n) is 4.57. The molecule has 7 nitrogen and oxygen atoms in total. The normalized spacial score (nSPS) is 10.8. The van der Waals surface area contributed by atoms with Crippen molar-refractivity contribution < 1.29 is 4.74 Å². The molecule has 5 aromatic rings. The molecular weight excluding hydrogens is 376 g/mol. The lowest BCUT2D eigenvalue weighted by molar-refractivity contribution is 0.306. The van der Waals surface area contributed by atoms with Crippen molar-refractivity contribution in [2.24, 2.45) is 0 Å². The molecule has 0 aliphatic rings. The van der Waals surface area contributed by atoms with Crippen LogP contribution in [0.5, 0.6) is 5.75 Å². The maximum Gasteiger partial charge on any atom is 0.170 e. The van der Waals surface area contributed by atoms with Gasteiger partial charge in [0.2, 0.25) is 0 Å². The first-order chi connectivity index (χ1) is 14.9. The standard InChI is InChI=1S/C23H18N6O/c1-2-9-19(10-3-1)30-15-17-7-6-8-18(13-17)28-22-20-14-27-29(23(20)26-16-25-22)21-11-4-5-12-24-21/h1-14,16H,15H2,(H,25,26,28). The van der Waals surface area contributed by atoms with Crippen molar-refractivity contribution >= 4 is 22.5 Å². The minimum atomic E-state index is 0.482.